The van der Waals surface area contributed by atoms with Crippen molar-refractivity contribution in [2.24, 2.45) is 0 Å². The standard InChI is InChI=1S/C16H19N4O4.Y/c1-3-19-9-10-20(15(23)14(19)22)16(24)18-12(13(21)17-2)11-7-5-4-6-8-11;/h5-8,12H,3,9-10H2,1-2H3,(H,17,21)(H,18,24);/q-1;. The Morgan fingerprint density at radius 1 is 1.20 bits per heavy atom. The summed E-state index contributed by atoms with van der Waals surface area (Å²) in [5, 5.41) is 4.97. The van der Waals surface area contributed by atoms with Gasteiger partial charge in [0.2, 0.25) is 5.91 Å². The van der Waals surface area contributed by atoms with Crippen molar-refractivity contribution in [2.75, 3.05) is 26.7 Å². The van der Waals surface area contributed by atoms with Crippen LogP contribution in [0.4, 0.5) is 4.79 Å². The Balaban J connectivity index is 0.00000312. The van der Waals surface area contributed by atoms with Crippen LogP contribution in [0.25, 0.3) is 0 Å². The van der Waals surface area contributed by atoms with Crippen molar-refractivity contribution < 1.29 is 51.9 Å². The van der Waals surface area contributed by atoms with Crippen molar-refractivity contribution in [1.29, 1.82) is 0 Å². The maximum Gasteiger partial charge on any atom is 0.325 e. The Morgan fingerprint density at radius 3 is 2.40 bits per heavy atom. The molecule has 25 heavy (non-hydrogen) atoms. The second kappa shape index (κ2) is 9.63. The monoisotopic (exact) mass is 420 g/mol. The van der Waals surface area contributed by atoms with Crippen LogP contribution in [-0.2, 0) is 47.1 Å². The van der Waals surface area contributed by atoms with Crippen LogP contribution in [0.2, 0.25) is 0 Å². The van der Waals surface area contributed by atoms with Gasteiger partial charge in [-0.1, -0.05) is 0 Å². The van der Waals surface area contributed by atoms with E-state index in [1.165, 1.54) is 11.9 Å². The van der Waals surface area contributed by atoms with Gasteiger partial charge in [-0.25, -0.2) is 4.79 Å². The van der Waals surface area contributed by atoms with E-state index in [4.69, 9.17) is 0 Å². The van der Waals surface area contributed by atoms with Crippen molar-refractivity contribution in [2.45, 2.75) is 13.0 Å². The molecule has 1 aromatic carbocycles. The average molecular weight is 420 g/mol. The fourth-order valence-electron chi connectivity index (χ4n) is 2.41. The van der Waals surface area contributed by atoms with E-state index in [0.717, 1.165) is 4.90 Å². The van der Waals surface area contributed by atoms with Gasteiger partial charge in [0.15, 0.2) is 0 Å². The molecule has 5 amide bonds. The smallest absolute Gasteiger partial charge is 0.325 e. The van der Waals surface area contributed by atoms with Gasteiger partial charge in [-0.15, -0.1) is 5.56 Å². The maximum atomic E-state index is 12.4. The molecule has 0 bridgehead atoms. The molecule has 131 valence electrons. The Hall–Kier alpha value is -1.80. The number of nitrogens with zero attached hydrogens (tertiary/aromatic N) is 2. The average Bonchev–Trinajstić information content (AvgIpc) is 2.61. The van der Waals surface area contributed by atoms with E-state index in [2.05, 4.69) is 16.7 Å². The van der Waals surface area contributed by atoms with Crippen molar-refractivity contribution in [3.63, 3.8) is 0 Å². The number of likely N-dealkylation sites (N-methyl/N-ethyl adjacent to an activating group) is 2. The molecule has 1 aliphatic heterocycles. The summed E-state index contributed by atoms with van der Waals surface area (Å²) in [6.07, 6.45) is 0. The third kappa shape index (κ3) is 4.86. The van der Waals surface area contributed by atoms with Crippen LogP contribution in [-0.4, -0.2) is 60.2 Å². The summed E-state index contributed by atoms with van der Waals surface area (Å²) < 4.78 is 0. The van der Waals surface area contributed by atoms with Gasteiger partial charge in [-0.05, 0) is 6.92 Å². The minimum Gasteiger partial charge on any atom is -0.357 e. The van der Waals surface area contributed by atoms with Gasteiger partial charge in [0.05, 0.1) is 0 Å². The van der Waals surface area contributed by atoms with Gasteiger partial charge < -0.3 is 15.5 Å². The Kier molecular flexibility index (Phi) is 8.18. The molecule has 9 heteroatoms. The summed E-state index contributed by atoms with van der Waals surface area (Å²) in [6, 6.07) is 7.60. The fourth-order valence-corrected chi connectivity index (χ4v) is 2.41. The molecule has 8 nitrogen and oxygen atoms in total. The minimum absolute atomic E-state index is 0. The number of imide groups is 1. The zero-order valence-electron chi connectivity index (χ0n) is 14.1. The molecular formula is C16H19N4O4Y-. The number of rotatable bonds is 4. The fraction of sp³-hybridized carbons (Fsp3) is 0.375. The number of piperazine rings is 1. The summed E-state index contributed by atoms with van der Waals surface area (Å²) in [5.41, 5.74) is 0.549. The molecule has 0 spiro atoms. The van der Waals surface area contributed by atoms with Crippen molar-refractivity contribution >= 4 is 23.8 Å². The van der Waals surface area contributed by atoms with Gasteiger partial charge in [-0.2, -0.15) is 30.3 Å². The van der Waals surface area contributed by atoms with E-state index in [0.29, 0.717) is 12.1 Å². The first kappa shape index (κ1) is 21.2. The van der Waals surface area contributed by atoms with Crippen LogP contribution in [0.5, 0.6) is 0 Å². The number of carbonyl (C=O) groups excluding carboxylic acids is 4. The van der Waals surface area contributed by atoms with E-state index in [1.807, 2.05) is 0 Å². The number of nitrogens with one attached hydrogen (secondary N) is 2. The quantitative estimate of drug-likeness (QED) is 0.515. The topological polar surface area (TPSA) is 98.8 Å². The second-order valence-corrected chi connectivity index (χ2v) is 5.17. The number of hydrogen-bond acceptors (Lipinski definition) is 4. The van der Waals surface area contributed by atoms with Crippen molar-refractivity contribution in [3.8, 4) is 0 Å². The molecule has 0 aliphatic carbocycles. The first-order valence-electron chi connectivity index (χ1n) is 7.58. The largest absolute Gasteiger partial charge is 0.357 e. The molecule has 0 saturated carbocycles. The molecule has 1 fully saturated rings. The van der Waals surface area contributed by atoms with Crippen LogP contribution >= 0.6 is 0 Å². The molecular weight excluding hydrogens is 401 g/mol. The predicted molar refractivity (Wildman–Crippen MR) is 84.6 cm³/mol. The molecule has 1 heterocycles. The summed E-state index contributed by atoms with van der Waals surface area (Å²) >= 11 is 0. The van der Waals surface area contributed by atoms with Gasteiger partial charge in [0.1, 0.15) is 6.04 Å². The van der Waals surface area contributed by atoms with Gasteiger partial charge in [0, 0.05) is 59.4 Å². The SMILES string of the molecule is CCN1CCN(C(=O)NC(C(=O)NC)c2cc[c-]cc2)C(=O)C1=O.[Y]. The van der Waals surface area contributed by atoms with Crippen LogP contribution < -0.4 is 10.6 Å². The van der Waals surface area contributed by atoms with E-state index in [1.54, 1.807) is 31.2 Å². The number of benzene rings is 1. The molecule has 1 unspecified atom stereocenters. The summed E-state index contributed by atoms with van der Waals surface area (Å²) in [7, 11) is 1.45. The van der Waals surface area contributed by atoms with Crippen LogP contribution in [0.1, 0.15) is 18.5 Å². The molecule has 1 aromatic rings. The van der Waals surface area contributed by atoms with Gasteiger partial charge in [-0.3, -0.25) is 19.3 Å². The first-order chi connectivity index (χ1) is 11.5. The Bertz CT molecular complexity index is 653. The van der Waals surface area contributed by atoms with E-state index >= 15 is 0 Å². The van der Waals surface area contributed by atoms with Crippen LogP contribution in [0.15, 0.2) is 24.3 Å². The number of carbonyl (C=O) groups is 4. The predicted octanol–water partition coefficient (Wildman–Crippen LogP) is -0.328. The summed E-state index contributed by atoms with van der Waals surface area (Å²) in [6.45, 7) is 2.53. The molecule has 2 N–H and O–H groups in total. The summed E-state index contributed by atoms with van der Waals surface area (Å²) in [5.74, 6) is -2.04. The Morgan fingerprint density at radius 2 is 1.84 bits per heavy atom. The third-order valence-electron chi connectivity index (χ3n) is 3.79. The molecule has 0 aromatic heterocycles. The molecule has 1 radical (unpaired) electrons. The number of hydrogen-bond donors (Lipinski definition) is 2. The first-order valence-corrected chi connectivity index (χ1v) is 7.58. The van der Waals surface area contributed by atoms with E-state index in [9.17, 15) is 19.2 Å². The summed E-state index contributed by atoms with van der Waals surface area (Å²) in [4.78, 5) is 50.6. The number of urea groups is 1. The maximum absolute atomic E-state index is 12.4. The molecule has 1 saturated heterocycles. The normalized spacial score (nSPS) is 15.3. The van der Waals surface area contributed by atoms with Crippen molar-refractivity contribution in [3.05, 3.63) is 35.9 Å². The molecule has 1 atom stereocenters. The van der Waals surface area contributed by atoms with Gasteiger partial charge in [0.25, 0.3) is 0 Å². The van der Waals surface area contributed by atoms with Crippen LogP contribution in [0, 0.1) is 6.07 Å². The van der Waals surface area contributed by atoms with Gasteiger partial charge >= 0.3 is 17.8 Å². The zero-order chi connectivity index (χ0) is 17.7. The third-order valence-corrected chi connectivity index (χ3v) is 3.79. The minimum atomic E-state index is -0.968. The molecule has 2 rings (SSSR count). The number of amides is 5. The molecule has 1 aliphatic rings. The van der Waals surface area contributed by atoms with E-state index in [-0.39, 0.29) is 45.8 Å². The van der Waals surface area contributed by atoms with Crippen LogP contribution in [0.3, 0.4) is 0 Å². The Labute approximate surface area is 171 Å². The van der Waals surface area contributed by atoms with E-state index < -0.39 is 29.8 Å². The second-order valence-electron chi connectivity index (χ2n) is 5.17. The zero-order valence-corrected chi connectivity index (χ0v) is 17.0. The van der Waals surface area contributed by atoms with Crippen molar-refractivity contribution in [1.82, 2.24) is 20.4 Å².